The molecule has 3 rings (SSSR count). The Hall–Kier alpha value is -1.72. The van der Waals surface area contributed by atoms with Gasteiger partial charge in [-0.1, -0.05) is 25.7 Å². The lowest BCUT2D eigenvalue weighted by molar-refractivity contribution is 0.316. The lowest BCUT2D eigenvalue weighted by atomic mass is 9.95. The van der Waals surface area contributed by atoms with Gasteiger partial charge in [0.05, 0.1) is 12.4 Å². The minimum Gasteiger partial charge on any atom is -0.348 e. The molecule has 2 aromatic rings. The van der Waals surface area contributed by atoms with Gasteiger partial charge in [0.15, 0.2) is 5.82 Å². The van der Waals surface area contributed by atoms with Crippen LogP contribution >= 0.6 is 0 Å². The summed E-state index contributed by atoms with van der Waals surface area (Å²) in [5.41, 5.74) is 1.22. The molecule has 6 heteroatoms. The number of nitrogens with one attached hydrogen (secondary N) is 1. The lowest BCUT2D eigenvalue weighted by Gasteiger charge is -2.22. The molecule has 0 spiro atoms. The fourth-order valence-corrected chi connectivity index (χ4v) is 3.18. The van der Waals surface area contributed by atoms with Crippen LogP contribution < -0.4 is 0 Å². The van der Waals surface area contributed by atoms with Gasteiger partial charge in [-0.2, -0.15) is 0 Å². The maximum Gasteiger partial charge on any atom is 0.151 e. The summed E-state index contributed by atoms with van der Waals surface area (Å²) in [4.78, 5) is 7.19. The molecule has 1 N–H and O–H groups in total. The van der Waals surface area contributed by atoms with Crippen LogP contribution in [0.25, 0.3) is 0 Å². The van der Waals surface area contributed by atoms with Crippen LogP contribution in [-0.2, 0) is 12.8 Å². The number of imidazole rings is 1. The maximum atomic E-state index is 4.22. The van der Waals surface area contributed by atoms with Crippen molar-refractivity contribution in [2.75, 3.05) is 0 Å². The van der Waals surface area contributed by atoms with Crippen molar-refractivity contribution in [3.05, 3.63) is 24.0 Å². The van der Waals surface area contributed by atoms with Crippen LogP contribution in [0.4, 0.5) is 0 Å². The third-order valence-electron chi connectivity index (χ3n) is 4.38. The summed E-state index contributed by atoms with van der Waals surface area (Å²) in [6.45, 7) is 0. The highest BCUT2D eigenvalue weighted by Crippen LogP contribution is 2.28. The predicted octanol–water partition coefficient (Wildman–Crippen LogP) is 2.86. The molecule has 2 heterocycles. The lowest BCUT2D eigenvalue weighted by Crippen LogP contribution is -2.17. The number of nitrogens with zero attached hydrogens (tertiary/aromatic N) is 5. The van der Waals surface area contributed by atoms with Gasteiger partial charge in [-0.25, -0.2) is 9.67 Å². The Kier molecular flexibility index (Phi) is 4.97. The zero-order valence-electron chi connectivity index (χ0n) is 12.5. The highest BCUT2D eigenvalue weighted by atomic mass is 15.5. The average molecular weight is 288 g/mol. The van der Waals surface area contributed by atoms with Crippen molar-refractivity contribution in [3.63, 3.8) is 0 Å². The minimum absolute atomic E-state index is 0.536. The topological polar surface area (TPSA) is 72.3 Å². The van der Waals surface area contributed by atoms with Crippen molar-refractivity contribution in [2.24, 2.45) is 0 Å². The monoisotopic (exact) mass is 288 g/mol. The first kappa shape index (κ1) is 14.2. The van der Waals surface area contributed by atoms with E-state index in [2.05, 4.69) is 30.2 Å². The summed E-state index contributed by atoms with van der Waals surface area (Å²) in [5.74, 6) is 1.07. The number of hydrogen-bond donors (Lipinski definition) is 1. The van der Waals surface area contributed by atoms with Gasteiger partial charge in [0.1, 0.15) is 0 Å². The Morgan fingerprint density at radius 3 is 2.76 bits per heavy atom. The Morgan fingerprint density at radius 2 is 1.95 bits per heavy atom. The quantitative estimate of drug-likeness (QED) is 0.795. The molecule has 114 valence electrons. The van der Waals surface area contributed by atoms with Crippen molar-refractivity contribution in [2.45, 2.75) is 70.3 Å². The zero-order valence-corrected chi connectivity index (χ0v) is 12.5. The van der Waals surface area contributed by atoms with Crippen molar-refractivity contribution in [1.82, 2.24) is 30.2 Å². The van der Waals surface area contributed by atoms with E-state index in [1.807, 2.05) is 6.20 Å². The number of hydrogen-bond acceptors (Lipinski definition) is 4. The largest absolute Gasteiger partial charge is 0.348 e. The molecular formula is C15H24N6. The standard InChI is InChI=1S/C15H24N6/c1(3-7-13-11-16-12-17-13)6-10-15-18-19-20-21(15)14-8-4-2-5-9-14/h11-12,14H,1-10H2,(H,16,17). The van der Waals surface area contributed by atoms with E-state index in [1.54, 1.807) is 6.33 Å². The van der Waals surface area contributed by atoms with Crippen LogP contribution in [-0.4, -0.2) is 30.2 Å². The molecule has 1 fully saturated rings. The highest BCUT2D eigenvalue weighted by Gasteiger charge is 2.19. The number of aromatic nitrogens is 6. The summed E-state index contributed by atoms with van der Waals surface area (Å²) >= 11 is 0. The van der Waals surface area contributed by atoms with Crippen LogP contribution in [0.3, 0.4) is 0 Å². The molecule has 0 atom stereocenters. The van der Waals surface area contributed by atoms with E-state index in [4.69, 9.17) is 0 Å². The molecule has 0 unspecified atom stereocenters. The maximum absolute atomic E-state index is 4.22. The number of rotatable bonds is 7. The van der Waals surface area contributed by atoms with Crippen molar-refractivity contribution in [1.29, 1.82) is 0 Å². The Bertz CT molecular complexity index is 512. The molecule has 0 saturated heterocycles. The van der Waals surface area contributed by atoms with Gasteiger partial charge in [-0.05, 0) is 42.5 Å². The number of aryl methyl sites for hydroxylation is 2. The van der Waals surface area contributed by atoms with E-state index in [9.17, 15) is 0 Å². The van der Waals surface area contributed by atoms with Crippen LogP contribution in [0.2, 0.25) is 0 Å². The van der Waals surface area contributed by atoms with E-state index < -0.39 is 0 Å². The van der Waals surface area contributed by atoms with Crippen LogP contribution in [0, 0.1) is 0 Å². The predicted molar refractivity (Wildman–Crippen MR) is 79.8 cm³/mol. The van der Waals surface area contributed by atoms with Crippen LogP contribution in [0.15, 0.2) is 12.5 Å². The number of tetrazole rings is 1. The van der Waals surface area contributed by atoms with E-state index in [0.717, 1.165) is 25.1 Å². The number of unbranched alkanes of at least 4 members (excludes halogenated alkanes) is 2. The van der Waals surface area contributed by atoms with Crippen LogP contribution in [0.5, 0.6) is 0 Å². The van der Waals surface area contributed by atoms with E-state index >= 15 is 0 Å². The van der Waals surface area contributed by atoms with Crippen LogP contribution in [0.1, 0.15) is 68.9 Å². The van der Waals surface area contributed by atoms with E-state index in [1.165, 1.54) is 50.6 Å². The smallest absolute Gasteiger partial charge is 0.151 e. The molecule has 0 bridgehead atoms. The normalized spacial score (nSPS) is 16.4. The minimum atomic E-state index is 0.536. The number of H-pyrrole nitrogens is 1. The molecule has 2 aromatic heterocycles. The summed E-state index contributed by atoms with van der Waals surface area (Å²) in [7, 11) is 0. The van der Waals surface area contributed by atoms with E-state index in [-0.39, 0.29) is 0 Å². The van der Waals surface area contributed by atoms with Gasteiger partial charge >= 0.3 is 0 Å². The molecule has 1 aliphatic carbocycles. The van der Waals surface area contributed by atoms with Gasteiger partial charge < -0.3 is 4.98 Å². The molecule has 1 aliphatic rings. The highest BCUT2D eigenvalue weighted by molar-refractivity contribution is 4.93. The Morgan fingerprint density at radius 1 is 1.10 bits per heavy atom. The Labute approximate surface area is 125 Å². The molecule has 0 aliphatic heterocycles. The van der Waals surface area contributed by atoms with Gasteiger partial charge in [0.2, 0.25) is 0 Å². The second-order valence-electron chi connectivity index (χ2n) is 5.97. The molecule has 6 nitrogen and oxygen atoms in total. The first-order chi connectivity index (χ1) is 10.4. The first-order valence-electron chi connectivity index (χ1n) is 8.17. The SMILES string of the molecule is c1ncc(CCCCCc2nnnn2C2CCCCC2)[nH]1. The fraction of sp³-hybridized carbons (Fsp3) is 0.733. The summed E-state index contributed by atoms with van der Waals surface area (Å²) in [6, 6.07) is 0.536. The summed E-state index contributed by atoms with van der Waals surface area (Å²) in [6.07, 6.45) is 15.7. The van der Waals surface area contributed by atoms with Crippen molar-refractivity contribution < 1.29 is 0 Å². The zero-order chi connectivity index (χ0) is 14.3. The second kappa shape index (κ2) is 7.33. The van der Waals surface area contributed by atoms with E-state index in [0.29, 0.717) is 6.04 Å². The van der Waals surface area contributed by atoms with Gasteiger partial charge in [-0.3, -0.25) is 0 Å². The molecular weight excluding hydrogens is 264 g/mol. The van der Waals surface area contributed by atoms with Gasteiger partial charge in [0, 0.05) is 18.3 Å². The Balaban J connectivity index is 1.42. The van der Waals surface area contributed by atoms with Gasteiger partial charge in [0.25, 0.3) is 0 Å². The third-order valence-corrected chi connectivity index (χ3v) is 4.38. The third kappa shape index (κ3) is 3.89. The summed E-state index contributed by atoms with van der Waals surface area (Å²) < 4.78 is 2.09. The molecule has 0 radical (unpaired) electrons. The van der Waals surface area contributed by atoms with Crippen molar-refractivity contribution >= 4 is 0 Å². The molecule has 21 heavy (non-hydrogen) atoms. The number of aromatic amines is 1. The second-order valence-corrected chi connectivity index (χ2v) is 5.97. The van der Waals surface area contributed by atoms with Gasteiger partial charge in [-0.15, -0.1) is 5.10 Å². The molecule has 0 aromatic carbocycles. The average Bonchev–Trinajstić information content (AvgIpc) is 3.19. The summed E-state index contributed by atoms with van der Waals surface area (Å²) in [5, 5.41) is 12.3. The molecule has 1 saturated carbocycles. The first-order valence-corrected chi connectivity index (χ1v) is 8.17. The van der Waals surface area contributed by atoms with Crippen molar-refractivity contribution in [3.8, 4) is 0 Å². The fourth-order valence-electron chi connectivity index (χ4n) is 3.18. The molecule has 0 amide bonds.